The van der Waals surface area contributed by atoms with Crippen LogP contribution in [0.1, 0.15) is 27.2 Å². The molecule has 1 atom stereocenters. The van der Waals surface area contributed by atoms with Crippen LogP contribution in [0.5, 0.6) is 0 Å². The number of amides is 1. The number of hydrogen-bond acceptors (Lipinski definition) is 4. The predicted molar refractivity (Wildman–Crippen MR) is 80.0 cm³/mol. The van der Waals surface area contributed by atoms with Crippen LogP contribution in [0.25, 0.3) is 0 Å². The molecule has 0 aliphatic rings. The van der Waals surface area contributed by atoms with Gasteiger partial charge in [-0.3, -0.25) is 9.36 Å². The summed E-state index contributed by atoms with van der Waals surface area (Å²) in [4.78, 5) is 12.3. The van der Waals surface area contributed by atoms with Gasteiger partial charge >= 0.3 is 7.60 Å². The van der Waals surface area contributed by atoms with E-state index in [0.29, 0.717) is 12.1 Å². The molecule has 1 rings (SSSR count). The minimum absolute atomic E-state index is 0.242. The van der Waals surface area contributed by atoms with E-state index >= 15 is 0 Å². The van der Waals surface area contributed by atoms with Crippen molar-refractivity contribution in [3.05, 3.63) is 30.3 Å². The Labute approximate surface area is 120 Å². The van der Waals surface area contributed by atoms with E-state index in [9.17, 15) is 9.36 Å². The summed E-state index contributed by atoms with van der Waals surface area (Å²) in [5.74, 6) is -0.344. The van der Waals surface area contributed by atoms with E-state index in [1.54, 1.807) is 32.9 Å². The first kappa shape index (κ1) is 16.9. The maximum atomic E-state index is 12.7. The molecular weight excluding hydrogens is 277 g/mol. The zero-order valence-electron chi connectivity index (χ0n) is 12.2. The third kappa shape index (κ3) is 4.44. The lowest BCUT2D eigenvalue weighted by Crippen LogP contribution is -2.29. The van der Waals surface area contributed by atoms with Crippen LogP contribution >= 0.6 is 7.60 Å². The highest BCUT2D eigenvalue weighted by atomic mass is 31.2. The van der Waals surface area contributed by atoms with Crippen LogP contribution < -0.4 is 5.32 Å². The number of benzene rings is 1. The van der Waals surface area contributed by atoms with Crippen molar-refractivity contribution in [2.75, 3.05) is 18.5 Å². The minimum atomic E-state index is -3.43. The fourth-order valence-corrected chi connectivity index (χ4v) is 3.83. The normalized spacial score (nSPS) is 12.9. The van der Waals surface area contributed by atoms with Crippen LogP contribution in [-0.2, 0) is 18.4 Å². The van der Waals surface area contributed by atoms with E-state index in [1.807, 2.05) is 18.2 Å². The van der Waals surface area contributed by atoms with Crippen molar-refractivity contribution in [2.24, 2.45) is 0 Å². The Bertz CT molecular complexity index is 454. The van der Waals surface area contributed by atoms with Gasteiger partial charge in [0.1, 0.15) is 5.66 Å². The first-order valence-corrected chi connectivity index (χ1v) is 8.43. The largest absolute Gasteiger partial charge is 0.343 e. The van der Waals surface area contributed by atoms with Gasteiger partial charge in [-0.2, -0.15) is 0 Å². The number of carbonyl (C=O) groups excluding carboxylic acids is 1. The average Bonchev–Trinajstić information content (AvgIpc) is 2.41. The van der Waals surface area contributed by atoms with Crippen molar-refractivity contribution in [2.45, 2.75) is 32.9 Å². The van der Waals surface area contributed by atoms with Crippen molar-refractivity contribution in [3.63, 3.8) is 0 Å². The van der Waals surface area contributed by atoms with Crippen molar-refractivity contribution in [1.29, 1.82) is 0 Å². The second kappa shape index (κ2) is 8.20. The Hall–Kier alpha value is -1.16. The molecule has 0 saturated heterocycles. The molecule has 0 aliphatic carbocycles. The number of hydrogen-bond donors (Lipinski definition) is 1. The number of para-hydroxylation sites is 1. The zero-order chi connectivity index (χ0) is 15.0. The fourth-order valence-electron chi connectivity index (χ4n) is 1.88. The Kier molecular flexibility index (Phi) is 6.93. The number of carbonyl (C=O) groups is 1. The molecule has 0 aromatic heterocycles. The van der Waals surface area contributed by atoms with E-state index in [0.717, 1.165) is 0 Å². The summed E-state index contributed by atoms with van der Waals surface area (Å²) in [5.41, 5.74) is -0.141. The maximum Gasteiger partial charge on any atom is 0.343 e. The van der Waals surface area contributed by atoms with Crippen LogP contribution in [0.4, 0.5) is 5.69 Å². The Balaban J connectivity index is 2.87. The molecule has 1 aromatic carbocycles. The smallest absolute Gasteiger partial charge is 0.325 e. The molecule has 0 bridgehead atoms. The summed E-state index contributed by atoms with van der Waals surface area (Å²) >= 11 is 0. The van der Waals surface area contributed by atoms with Crippen molar-refractivity contribution in [1.82, 2.24) is 0 Å². The highest BCUT2D eigenvalue weighted by Gasteiger charge is 2.39. The van der Waals surface area contributed by atoms with E-state index in [1.165, 1.54) is 0 Å². The van der Waals surface area contributed by atoms with Crippen LogP contribution in [0.3, 0.4) is 0 Å². The van der Waals surface area contributed by atoms with E-state index in [4.69, 9.17) is 9.05 Å². The summed E-state index contributed by atoms with van der Waals surface area (Å²) < 4.78 is 23.2. The van der Waals surface area contributed by atoms with Gasteiger partial charge in [-0.15, -0.1) is 0 Å². The molecule has 0 radical (unpaired) electrons. The standard InChI is InChI=1S/C14H22NO4P/c1-4-13(20(17,18-5-2)19-6-3)14(16)15-12-10-8-7-9-11-12/h7-11,13H,4-6H2,1-3H3,(H,15,16)/t13-/m0/s1. The number of nitrogens with one attached hydrogen (secondary N) is 1. The van der Waals surface area contributed by atoms with Crippen LogP contribution in [-0.4, -0.2) is 24.8 Å². The molecule has 5 nitrogen and oxygen atoms in total. The molecule has 1 aromatic rings. The highest BCUT2D eigenvalue weighted by Crippen LogP contribution is 2.54. The lowest BCUT2D eigenvalue weighted by atomic mass is 10.3. The summed E-state index contributed by atoms with van der Waals surface area (Å²) in [5, 5.41) is 2.74. The molecule has 0 saturated carbocycles. The lowest BCUT2D eigenvalue weighted by molar-refractivity contribution is -0.116. The van der Waals surface area contributed by atoms with Crippen LogP contribution in [0, 0.1) is 0 Å². The van der Waals surface area contributed by atoms with E-state index < -0.39 is 13.3 Å². The van der Waals surface area contributed by atoms with Gasteiger partial charge in [0.15, 0.2) is 0 Å². The Morgan fingerprint density at radius 3 is 2.15 bits per heavy atom. The van der Waals surface area contributed by atoms with Gasteiger partial charge in [-0.1, -0.05) is 25.1 Å². The number of anilines is 1. The Morgan fingerprint density at radius 1 is 1.15 bits per heavy atom. The molecule has 20 heavy (non-hydrogen) atoms. The van der Waals surface area contributed by atoms with Crippen molar-refractivity contribution in [3.8, 4) is 0 Å². The third-order valence-electron chi connectivity index (χ3n) is 2.73. The molecular formula is C14H22NO4P. The van der Waals surface area contributed by atoms with Gasteiger partial charge in [-0.25, -0.2) is 0 Å². The van der Waals surface area contributed by atoms with E-state index in [2.05, 4.69) is 5.32 Å². The molecule has 0 aliphatic heterocycles. The summed E-state index contributed by atoms with van der Waals surface area (Å²) in [6.07, 6.45) is 0.385. The molecule has 112 valence electrons. The van der Waals surface area contributed by atoms with E-state index in [-0.39, 0.29) is 19.1 Å². The molecule has 1 amide bonds. The van der Waals surface area contributed by atoms with Crippen molar-refractivity contribution < 1.29 is 18.4 Å². The first-order chi connectivity index (χ1) is 9.57. The monoisotopic (exact) mass is 299 g/mol. The van der Waals surface area contributed by atoms with Gasteiger partial charge in [0.2, 0.25) is 5.91 Å². The molecule has 6 heteroatoms. The van der Waals surface area contributed by atoms with Gasteiger partial charge in [0.05, 0.1) is 13.2 Å². The molecule has 0 spiro atoms. The molecule has 0 fully saturated rings. The van der Waals surface area contributed by atoms with Gasteiger partial charge in [0, 0.05) is 5.69 Å². The van der Waals surface area contributed by atoms with Gasteiger partial charge < -0.3 is 14.4 Å². The topological polar surface area (TPSA) is 64.6 Å². The Morgan fingerprint density at radius 2 is 1.70 bits per heavy atom. The average molecular weight is 299 g/mol. The summed E-state index contributed by atoms with van der Waals surface area (Å²) in [7, 11) is -3.43. The van der Waals surface area contributed by atoms with Crippen molar-refractivity contribution >= 4 is 19.2 Å². The zero-order valence-corrected chi connectivity index (χ0v) is 13.1. The quantitative estimate of drug-likeness (QED) is 0.744. The SMILES string of the molecule is CCOP(=O)(OCC)[C@@H](CC)C(=O)Nc1ccccc1. The third-order valence-corrected chi connectivity index (χ3v) is 5.33. The predicted octanol–water partition coefficient (Wildman–Crippen LogP) is 3.67. The second-order valence-corrected chi connectivity index (χ2v) is 6.37. The fraction of sp³-hybridized carbons (Fsp3) is 0.500. The minimum Gasteiger partial charge on any atom is -0.325 e. The maximum absolute atomic E-state index is 12.7. The molecule has 1 N–H and O–H groups in total. The lowest BCUT2D eigenvalue weighted by Gasteiger charge is -2.24. The van der Waals surface area contributed by atoms with Crippen LogP contribution in [0.2, 0.25) is 0 Å². The van der Waals surface area contributed by atoms with Crippen LogP contribution in [0.15, 0.2) is 30.3 Å². The summed E-state index contributed by atoms with van der Waals surface area (Å²) in [6.45, 7) is 5.74. The first-order valence-electron chi connectivity index (χ1n) is 6.82. The highest BCUT2D eigenvalue weighted by molar-refractivity contribution is 7.55. The number of rotatable bonds is 8. The second-order valence-electron chi connectivity index (χ2n) is 4.15. The van der Waals surface area contributed by atoms with Gasteiger partial charge in [-0.05, 0) is 32.4 Å². The molecule has 0 heterocycles. The summed E-state index contributed by atoms with van der Waals surface area (Å²) in [6, 6.07) is 9.05. The molecule has 0 unspecified atom stereocenters. The van der Waals surface area contributed by atoms with Gasteiger partial charge in [0.25, 0.3) is 0 Å².